The number of phenols is 1. The fraction of sp³-hybridized carbons (Fsp3) is 0.524. The molecule has 3 rings (SSSR count). The number of carbonyl (C=O) groups is 1. The first-order valence-corrected chi connectivity index (χ1v) is 9.46. The fourth-order valence-electron chi connectivity index (χ4n) is 3.69. The summed E-state index contributed by atoms with van der Waals surface area (Å²) in [7, 11) is 1.35. The SMILES string of the molecule is COC(=O)CCc1cc2c(C)cc(=O)oc2c(CN2CCC(C)CC2)c1O. The second kappa shape index (κ2) is 8.13. The average molecular weight is 373 g/mol. The van der Waals surface area contributed by atoms with Crippen LogP contribution in [0.1, 0.15) is 42.9 Å². The van der Waals surface area contributed by atoms with Gasteiger partial charge in [0.2, 0.25) is 0 Å². The van der Waals surface area contributed by atoms with Gasteiger partial charge in [-0.25, -0.2) is 4.79 Å². The molecule has 1 saturated heterocycles. The molecule has 0 aliphatic carbocycles. The van der Waals surface area contributed by atoms with E-state index in [4.69, 9.17) is 9.15 Å². The van der Waals surface area contributed by atoms with Crippen LogP contribution in [0.3, 0.4) is 0 Å². The number of ether oxygens (including phenoxy) is 1. The lowest BCUT2D eigenvalue weighted by molar-refractivity contribution is -0.140. The highest BCUT2D eigenvalue weighted by molar-refractivity contribution is 5.86. The molecule has 146 valence electrons. The number of aryl methyl sites for hydroxylation is 2. The third-order valence-corrected chi connectivity index (χ3v) is 5.47. The summed E-state index contributed by atoms with van der Waals surface area (Å²) in [6, 6.07) is 3.27. The van der Waals surface area contributed by atoms with E-state index in [0.29, 0.717) is 35.6 Å². The van der Waals surface area contributed by atoms with Gasteiger partial charge in [0.1, 0.15) is 11.3 Å². The first kappa shape index (κ1) is 19.4. The summed E-state index contributed by atoms with van der Waals surface area (Å²) in [5.41, 5.74) is 2.12. The number of piperidine rings is 1. The van der Waals surface area contributed by atoms with Gasteiger partial charge in [0.05, 0.1) is 12.7 Å². The van der Waals surface area contributed by atoms with Crippen molar-refractivity contribution in [3.63, 3.8) is 0 Å². The standard InChI is InChI=1S/C21H27NO5/c1-13-6-8-22(9-7-13)12-17-20(25)15(4-5-18(23)26-3)11-16-14(2)10-19(24)27-21(16)17/h10-11,13,25H,4-9,12H2,1-3H3. The molecule has 0 bridgehead atoms. The summed E-state index contributed by atoms with van der Waals surface area (Å²) in [5, 5.41) is 11.7. The molecule has 2 aromatic rings. The molecule has 0 unspecified atom stereocenters. The van der Waals surface area contributed by atoms with E-state index in [1.54, 1.807) is 0 Å². The Labute approximate surface area is 158 Å². The Hall–Kier alpha value is -2.34. The lowest BCUT2D eigenvalue weighted by Gasteiger charge is -2.30. The summed E-state index contributed by atoms with van der Waals surface area (Å²) in [4.78, 5) is 25.7. The van der Waals surface area contributed by atoms with E-state index in [2.05, 4.69) is 11.8 Å². The summed E-state index contributed by atoms with van der Waals surface area (Å²) in [6.07, 6.45) is 2.79. The molecule has 6 heteroatoms. The lowest BCUT2D eigenvalue weighted by Crippen LogP contribution is -2.32. The lowest BCUT2D eigenvalue weighted by atomic mass is 9.96. The molecule has 0 amide bonds. The number of esters is 1. The monoisotopic (exact) mass is 373 g/mol. The van der Waals surface area contributed by atoms with Gasteiger partial charge in [-0.15, -0.1) is 0 Å². The summed E-state index contributed by atoms with van der Waals surface area (Å²) in [5.74, 6) is 0.495. The molecule has 1 N–H and O–H groups in total. The average Bonchev–Trinajstić information content (AvgIpc) is 2.64. The number of methoxy groups -OCH3 is 1. The van der Waals surface area contributed by atoms with E-state index in [9.17, 15) is 14.7 Å². The number of nitrogens with zero attached hydrogens (tertiary/aromatic N) is 1. The van der Waals surface area contributed by atoms with Crippen LogP contribution in [0.5, 0.6) is 5.75 Å². The molecule has 6 nitrogen and oxygen atoms in total. The van der Waals surface area contributed by atoms with Crippen LogP contribution in [-0.4, -0.2) is 36.2 Å². The minimum Gasteiger partial charge on any atom is -0.507 e. The van der Waals surface area contributed by atoms with Crippen LogP contribution in [0.15, 0.2) is 21.3 Å². The number of phenolic OH excluding ortho intramolecular Hbond substituents is 1. The van der Waals surface area contributed by atoms with E-state index >= 15 is 0 Å². The Morgan fingerprint density at radius 1 is 1.33 bits per heavy atom. The second-order valence-electron chi connectivity index (χ2n) is 7.52. The van der Waals surface area contributed by atoms with Crippen LogP contribution in [0.25, 0.3) is 11.0 Å². The van der Waals surface area contributed by atoms with E-state index in [-0.39, 0.29) is 18.1 Å². The zero-order chi connectivity index (χ0) is 19.6. The van der Waals surface area contributed by atoms with Gasteiger partial charge in [-0.05, 0) is 62.4 Å². The van der Waals surface area contributed by atoms with E-state index in [1.165, 1.54) is 13.2 Å². The normalized spacial score (nSPS) is 16.0. The number of aromatic hydroxyl groups is 1. The van der Waals surface area contributed by atoms with Crippen LogP contribution in [0.2, 0.25) is 0 Å². The van der Waals surface area contributed by atoms with Crippen molar-refractivity contribution in [2.75, 3.05) is 20.2 Å². The molecule has 0 atom stereocenters. The van der Waals surface area contributed by atoms with Gasteiger partial charge in [-0.2, -0.15) is 0 Å². The molecule has 1 aliphatic rings. The van der Waals surface area contributed by atoms with Crippen molar-refractivity contribution in [2.24, 2.45) is 5.92 Å². The number of hydrogen-bond acceptors (Lipinski definition) is 6. The summed E-state index contributed by atoms with van der Waals surface area (Å²) < 4.78 is 10.2. The maximum absolute atomic E-state index is 11.9. The highest BCUT2D eigenvalue weighted by Gasteiger charge is 2.22. The zero-order valence-electron chi connectivity index (χ0n) is 16.2. The van der Waals surface area contributed by atoms with Crippen molar-refractivity contribution in [1.82, 2.24) is 4.90 Å². The molecule has 2 heterocycles. The Kier molecular flexibility index (Phi) is 5.85. The minimum absolute atomic E-state index is 0.110. The van der Waals surface area contributed by atoms with Gasteiger partial charge in [0.25, 0.3) is 0 Å². The third-order valence-electron chi connectivity index (χ3n) is 5.47. The Morgan fingerprint density at radius 3 is 2.70 bits per heavy atom. The number of benzene rings is 1. The highest BCUT2D eigenvalue weighted by Crippen LogP contribution is 2.34. The number of carbonyl (C=O) groups excluding carboxylic acids is 1. The maximum Gasteiger partial charge on any atom is 0.336 e. The van der Waals surface area contributed by atoms with Crippen LogP contribution < -0.4 is 5.63 Å². The Bertz CT molecular complexity index is 894. The number of likely N-dealkylation sites (tertiary alicyclic amines) is 1. The van der Waals surface area contributed by atoms with Crippen LogP contribution in [0, 0.1) is 12.8 Å². The van der Waals surface area contributed by atoms with Gasteiger partial charge in [-0.1, -0.05) is 6.92 Å². The quantitative estimate of drug-likeness (QED) is 0.641. The molecule has 0 saturated carbocycles. The molecule has 1 aliphatic heterocycles. The van der Waals surface area contributed by atoms with Crippen molar-refractivity contribution < 1.29 is 19.1 Å². The molecule has 0 spiro atoms. The minimum atomic E-state index is -0.421. The van der Waals surface area contributed by atoms with Crippen molar-refractivity contribution in [2.45, 2.75) is 46.1 Å². The first-order chi connectivity index (χ1) is 12.9. The van der Waals surface area contributed by atoms with Gasteiger partial charge in [-0.3, -0.25) is 9.69 Å². The molecular formula is C21H27NO5. The first-order valence-electron chi connectivity index (χ1n) is 9.46. The van der Waals surface area contributed by atoms with Gasteiger partial charge in [0, 0.05) is 24.4 Å². The number of fused-ring (bicyclic) bond motifs is 1. The largest absolute Gasteiger partial charge is 0.507 e. The smallest absolute Gasteiger partial charge is 0.336 e. The Morgan fingerprint density at radius 2 is 2.04 bits per heavy atom. The van der Waals surface area contributed by atoms with E-state index in [0.717, 1.165) is 36.9 Å². The van der Waals surface area contributed by atoms with E-state index in [1.807, 2.05) is 13.0 Å². The second-order valence-corrected chi connectivity index (χ2v) is 7.52. The highest BCUT2D eigenvalue weighted by atomic mass is 16.5. The van der Waals surface area contributed by atoms with Crippen molar-refractivity contribution in [3.8, 4) is 5.75 Å². The zero-order valence-corrected chi connectivity index (χ0v) is 16.2. The van der Waals surface area contributed by atoms with Crippen molar-refractivity contribution in [1.29, 1.82) is 0 Å². The number of hydrogen-bond donors (Lipinski definition) is 1. The van der Waals surface area contributed by atoms with Crippen molar-refractivity contribution in [3.05, 3.63) is 39.2 Å². The van der Waals surface area contributed by atoms with E-state index < -0.39 is 5.63 Å². The molecule has 1 aromatic heterocycles. The van der Waals surface area contributed by atoms with Crippen LogP contribution in [0.4, 0.5) is 0 Å². The summed E-state index contributed by atoms with van der Waals surface area (Å²) in [6.45, 7) is 6.52. The molecule has 1 fully saturated rings. The maximum atomic E-state index is 11.9. The number of rotatable bonds is 5. The molecule has 0 radical (unpaired) electrons. The van der Waals surface area contributed by atoms with Gasteiger partial charge in [0.15, 0.2) is 0 Å². The van der Waals surface area contributed by atoms with Crippen molar-refractivity contribution >= 4 is 16.9 Å². The predicted molar refractivity (Wildman–Crippen MR) is 103 cm³/mol. The molecule has 1 aromatic carbocycles. The van der Waals surface area contributed by atoms with Gasteiger partial charge < -0.3 is 14.3 Å². The predicted octanol–water partition coefficient (Wildman–Crippen LogP) is 3.14. The topological polar surface area (TPSA) is 80.0 Å². The van der Waals surface area contributed by atoms with Crippen LogP contribution in [-0.2, 0) is 22.5 Å². The Balaban J connectivity index is 2.03. The fourth-order valence-corrected chi connectivity index (χ4v) is 3.69. The van der Waals surface area contributed by atoms with Gasteiger partial charge >= 0.3 is 11.6 Å². The third kappa shape index (κ3) is 4.33. The summed E-state index contributed by atoms with van der Waals surface area (Å²) >= 11 is 0. The molecular weight excluding hydrogens is 346 g/mol. The van der Waals surface area contributed by atoms with Crippen LogP contribution >= 0.6 is 0 Å². The molecule has 27 heavy (non-hydrogen) atoms.